The average Bonchev–Trinajstić information content (AvgIpc) is 2.72. The van der Waals surface area contributed by atoms with Gasteiger partial charge >= 0.3 is 5.97 Å². The maximum absolute atomic E-state index is 11.0. The Hall–Kier alpha value is -2.70. The molecule has 0 atom stereocenters. The number of pyridine rings is 1. The molecule has 31 heavy (non-hydrogen) atoms. The summed E-state index contributed by atoms with van der Waals surface area (Å²) in [6.45, 7) is 3.31. The number of fused-ring (bicyclic) bond motifs is 2. The summed E-state index contributed by atoms with van der Waals surface area (Å²) in [7, 11) is 10.3. The number of aromatic nitrogens is 1. The molecule has 3 aromatic rings. The number of aliphatic carboxylic acids is 1. The number of nitrogens with one attached hydrogen (secondary N) is 1. The van der Waals surface area contributed by atoms with E-state index < -0.39 is 5.97 Å². The first kappa shape index (κ1) is 23.0. The molecule has 0 spiro atoms. The number of hydrogen-bond acceptors (Lipinski definition) is 3. The molecule has 166 valence electrons. The normalized spacial score (nSPS) is 11.9. The van der Waals surface area contributed by atoms with Crippen molar-refractivity contribution in [2.45, 2.75) is 25.9 Å². The lowest BCUT2D eigenvalue weighted by Crippen LogP contribution is -2.44. The third-order valence-electron chi connectivity index (χ3n) is 5.97. The highest BCUT2D eigenvalue weighted by Gasteiger charge is 2.21. The SMILES string of the molecule is CNCc1ccc2cc3ccc(N(C)C)cc3[n+](CCC[N+](C)(C)CCC(=O)O)c2c1. The van der Waals surface area contributed by atoms with Crippen LogP contribution in [0.3, 0.4) is 0 Å². The van der Waals surface area contributed by atoms with E-state index in [2.05, 4.69) is 85.4 Å². The van der Waals surface area contributed by atoms with E-state index in [9.17, 15) is 4.79 Å². The van der Waals surface area contributed by atoms with E-state index in [0.717, 1.165) is 26.1 Å². The van der Waals surface area contributed by atoms with Crippen LogP contribution in [0.2, 0.25) is 0 Å². The number of aryl methyl sites for hydroxylation is 1. The van der Waals surface area contributed by atoms with Crippen molar-refractivity contribution in [2.75, 3.05) is 53.2 Å². The van der Waals surface area contributed by atoms with Crippen LogP contribution in [-0.4, -0.2) is 63.9 Å². The van der Waals surface area contributed by atoms with Crippen molar-refractivity contribution in [3.63, 3.8) is 0 Å². The number of rotatable bonds is 10. The van der Waals surface area contributed by atoms with Gasteiger partial charge in [-0.25, -0.2) is 0 Å². The second-order valence-electron chi connectivity index (χ2n) is 9.24. The van der Waals surface area contributed by atoms with Crippen LogP contribution >= 0.6 is 0 Å². The number of carboxylic acid groups (broad SMARTS) is 1. The Morgan fingerprint density at radius 3 is 2.35 bits per heavy atom. The third-order valence-corrected chi connectivity index (χ3v) is 5.97. The van der Waals surface area contributed by atoms with E-state index in [0.29, 0.717) is 11.0 Å². The predicted molar refractivity (Wildman–Crippen MR) is 127 cm³/mol. The molecule has 3 rings (SSSR count). The van der Waals surface area contributed by atoms with Crippen molar-refractivity contribution < 1.29 is 19.0 Å². The van der Waals surface area contributed by atoms with Crippen LogP contribution in [0.25, 0.3) is 21.8 Å². The maximum Gasteiger partial charge on any atom is 0.309 e. The lowest BCUT2D eigenvalue weighted by molar-refractivity contribution is -0.891. The summed E-state index contributed by atoms with van der Waals surface area (Å²) >= 11 is 0. The summed E-state index contributed by atoms with van der Waals surface area (Å²) in [5.41, 5.74) is 4.93. The van der Waals surface area contributed by atoms with Gasteiger partial charge in [0.1, 0.15) is 0 Å². The zero-order valence-corrected chi connectivity index (χ0v) is 19.5. The first-order valence-corrected chi connectivity index (χ1v) is 11.0. The van der Waals surface area contributed by atoms with Gasteiger partial charge in [-0.15, -0.1) is 0 Å². The highest BCUT2D eigenvalue weighted by molar-refractivity contribution is 5.90. The minimum Gasteiger partial charge on any atom is -0.481 e. The van der Waals surface area contributed by atoms with Crippen molar-refractivity contribution in [3.05, 3.63) is 48.0 Å². The number of hydrogen-bond donors (Lipinski definition) is 2. The summed E-state index contributed by atoms with van der Waals surface area (Å²) in [5, 5.41) is 14.8. The van der Waals surface area contributed by atoms with Crippen molar-refractivity contribution in [3.8, 4) is 0 Å². The molecule has 0 aliphatic heterocycles. The van der Waals surface area contributed by atoms with Gasteiger partial charge in [-0.2, -0.15) is 4.57 Å². The van der Waals surface area contributed by atoms with E-state index in [-0.39, 0.29) is 6.42 Å². The number of benzene rings is 2. The fraction of sp³-hybridized carbons (Fsp3) is 0.440. The summed E-state index contributed by atoms with van der Waals surface area (Å²) < 4.78 is 3.15. The number of nitrogens with zero attached hydrogens (tertiary/aromatic N) is 3. The molecule has 0 aliphatic rings. The monoisotopic (exact) mass is 424 g/mol. The van der Waals surface area contributed by atoms with Gasteiger partial charge in [-0.1, -0.05) is 6.07 Å². The number of carboxylic acids is 1. The van der Waals surface area contributed by atoms with Crippen LogP contribution in [0.1, 0.15) is 18.4 Å². The highest BCUT2D eigenvalue weighted by atomic mass is 16.4. The molecular formula is C25H36N4O2+2. The molecule has 0 radical (unpaired) electrons. The van der Waals surface area contributed by atoms with Crippen LogP contribution in [0.5, 0.6) is 0 Å². The Morgan fingerprint density at radius 1 is 1.03 bits per heavy atom. The highest BCUT2D eigenvalue weighted by Crippen LogP contribution is 2.23. The topological polar surface area (TPSA) is 56.5 Å². The zero-order valence-electron chi connectivity index (χ0n) is 19.5. The van der Waals surface area contributed by atoms with E-state index >= 15 is 0 Å². The van der Waals surface area contributed by atoms with Crippen molar-refractivity contribution in [2.24, 2.45) is 0 Å². The first-order chi connectivity index (χ1) is 14.7. The fourth-order valence-electron chi connectivity index (χ4n) is 4.13. The van der Waals surface area contributed by atoms with Gasteiger partial charge in [-0.3, -0.25) is 4.79 Å². The minimum absolute atomic E-state index is 0.205. The summed E-state index contributed by atoms with van der Waals surface area (Å²) in [4.78, 5) is 13.1. The molecule has 6 heteroatoms. The van der Waals surface area contributed by atoms with Gasteiger partial charge in [0, 0.05) is 49.2 Å². The first-order valence-electron chi connectivity index (χ1n) is 11.0. The second-order valence-corrected chi connectivity index (χ2v) is 9.24. The molecule has 1 heterocycles. The lowest BCUT2D eigenvalue weighted by atomic mass is 10.1. The standard InChI is InChI=1S/C25H35N4O2/c1-26-18-19-7-8-20-16-21-9-10-22(27(2)3)17-24(21)28(23(20)15-19)12-6-13-29(4,5)14-11-25(30)31/h7-10,15-17,26H,6,11-14,18H2,1-5H3/q+1/p+1. The average molecular weight is 425 g/mol. The Labute approximate surface area is 185 Å². The predicted octanol–water partition coefficient (Wildman–Crippen LogP) is 3.01. The van der Waals surface area contributed by atoms with Crippen molar-refractivity contribution in [1.82, 2.24) is 5.32 Å². The summed E-state index contributed by atoms with van der Waals surface area (Å²) in [6.07, 6.45) is 1.19. The smallest absolute Gasteiger partial charge is 0.309 e. The fourth-order valence-corrected chi connectivity index (χ4v) is 4.13. The van der Waals surface area contributed by atoms with Crippen molar-refractivity contribution in [1.29, 1.82) is 0 Å². The van der Waals surface area contributed by atoms with Gasteiger partial charge in [0.05, 0.1) is 40.0 Å². The van der Waals surface area contributed by atoms with Crippen LogP contribution in [-0.2, 0) is 17.9 Å². The molecule has 0 saturated heterocycles. The van der Waals surface area contributed by atoms with Crippen LogP contribution in [0.15, 0.2) is 42.5 Å². The van der Waals surface area contributed by atoms with E-state index in [1.165, 1.54) is 33.1 Å². The van der Waals surface area contributed by atoms with Gasteiger partial charge in [0.15, 0.2) is 6.54 Å². The number of quaternary nitrogens is 1. The molecule has 2 aromatic carbocycles. The molecule has 2 N–H and O–H groups in total. The molecule has 0 bridgehead atoms. The van der Waals surface area contributed by atoms with Gasteiger partial charge in [-0.05, 0) is 36.9 Å². The minimum atomic E-state index is -0.728. The van der Waals surface area contributed by atoms with Crippen molar-refractivity contribution >= 4 is 33.5 Å². The lowest BCUT2D eigenvalue weighted by Gasteiger charge is -2.28. The molecule has 1 aromatic heterocycles. The van der Waals surface area contributed by atoms with Crippen LogP contribution < -0.4 is 14.8 Å². The van der Waals surface area contributed by atoms with E-state index in [1.807, 2.05) is 7.05 Å². The molecular weight excluding hydrogens is 388 g/mol. The Bertz CT molecular complexity index is 1080. The Morgan fingerprint density at radius 2 is 1.71 bits per heavy atom. The number of anilines is 1. The Kier molecular flexibility index (Phi) is 7.13. The molecule has 0 saturated carbocycles. The van der Waals surface area contributed by atoms with Gasteiger partial charge < -0.3 is 19.8 Å². The van der Waals surface area contributed by atoms with E-state index in [4.69, 9.17) is 5.11 Å². The molecule has 0 fully saturated rings. The quantitative estimate of drug-likeness (QED) is 0.298. The Balaban J connectivity index is 2.00. The number of carbonyl (C=O) groups is 1. The molecule has 0 aliphatic carbocycles. The largest absolute Gasteiger partial charge is 0.481 e. The maximum atomic E-state index is 11.0. The third kappa shape index (κ3) is 5.71. The van der Waals surface area contributed by atoms with Crippen LogP contribution in [0.4, 0.5) is 5.69 Å². The summed E-state index contributed by atoms with van der Waals surface area (Å²) in [5.74, 6) is -0.728. The van der Waals surface area contributed by atoms with Gasteiger partial charge in [0.25, 0.3) is 0 Å². The van der Waals surface area contributed by atoms with Gasteiger partial charge in [0.2, 0.25) is 11.0 Å². The molecule has 6 nitrogen and oxygen atoms in total. The zero-order chi connectivity index (χ0) is 22.6. The molecule has 0 unspecified atom stereocenters. The second kappa shape index (κ2) is 9.62. The van der Waals surface area contributed by atoms with E-state index in [1.54, 1.807) is 0 Å². The van der Waals surface area contributed by atoms with Crippen LogP contribution in [0, 0.1) is 0 Å². The summed E-state index contributed by atoms with van der Waals surface area (Å²) in [6, 6.07) is 15.6. The molecule has 0 amide bonds.